The number of morpholine rings is 1. The van der Waals surface area contributed by atoms with Gasteiger partial charge in [-0.2, -0.15) is 0 Å². The maximum Gasteiger partial charge on any atom is 0.334 e. The summed E-state index contributed by atoms with van der Waals surface area (Å²) in [6, 6.07) is 3.76. The fourth-order valence-electron chi connectivity index (χ4n) is 1.83. The maximum absolute atomic E-state index is 13.0. The first-order valence-corrected chi connectivity index (χ1v) is 6.55. The van der Waals surface area contributed by atoms with Crippen LogP contribution in [0.25, 0.3) is 0 Å². The van der Waals surface area contributed by atoms with E-state index in [9.17, 15) is 14.0 Å². The third-order valence-corrected chi connectivity index (χ3v) is 3.24. The molecule has 0 aliphatic carbocycles. The number of hydrogen-bond donors (Lipinski definition) is 1. The van der Waals surface area contributed by atoms with Crippen LogP contribution < -0.4 is 4.74 Å². The van der Waals surface area contributed by atoms with Crippen LogP contribution in [-0.4, -0.2) is 54.3 Å². The number of carboxylic acids is 1. The Hall–Kier alpha value is -1.86. The summed E-state index contributed by atoms with van der Waals surface area (Å²) in [4.78, 5) is 24.1. The highest BCUT2D eigenvalue weighted by molar-refractivity contribution is 6.30. The lowest BCUT2D eigenvalue weighted by Crippen LogP contribution is -2.49. The van der Waals surface area contributed by atoms with Crippen LogP contribution in [0.15, 0.2) is 18.2 Å². The molecule has 1 atom stereocenters. The summed E-state index contributed by atoms with van der Waals surface area (Å²) in [5.41, 5.74) is 0. The average molecular weight is 318 g/mol. The molecular weight excluding hydrogens is 305 g/mol. The van der Waals surface area contributed by atoms with Crippen molar-refractivity contribution in [2.75, 3.05) is 26.3 Å². The highest BCUT2D eigenvalue weighted by atomic mass is 35.5. The van der Waals surface area contributed by atoms with Gasteiger partial charge in [0, 0.05) is 12.6 Å². The molecule has 6 nitrogen and oxygen atoms in total. The smallest absolute Gasteiger partial charge is 0.334 e. The monoisotopic (exact) mass is 317 g/mol. The molecule has 0 bridgehead atoms. The molecule has 1 N–H and O–H groups in total. The Balaban J connectivity index is 1.89. The van der Waals surface area contributed by atoms with Gasteiger partial charge in [0.15, 0.2) is 12.7 Å². The summed E-state index contributed by atoms with van der Waals surface area (Å²) in [5, 5.41) is 8.76. The van der Waals surface area contributed by atoms with Crippen molar-refractivity contribution < 1.29 is 28.6 Å². The molecule has 1 amide bonds. The minimum atomic E-state index is -1.11. The van der Waals surface area contributed by atoms with Crippen molar-refractivity contribution in [2.45, 2.75) is 6.10 Å². The Kier molecular flexibility index (Phi) is 4.98. The van der Waals surface area contributed by atoms with Gasteiger partial charge in [-0.05, 0) is 12.1 Å². The van der Waals surface area contributed by atoms with Gasteiger partial charge < -0.3 is 19.5 Å². The van der Waals surface area contributed by atoms with Crippen LogP contribution in [0.2, 0.25) is 5.02 Å². The first kappa shape index (κ1) is 15.5. The van der Waals surface area contributed by atoms with E-state index in [2.05, 4.69) is 0 Å². The number of halogens is 2. The van der Waals surface area contributed by atoms with Gasteiger partial charge in [0.05, 0.1) is 18.2 Å². The summed E-state index contributed by atoms with van der Waals surface area (Å²) in [5.74, 6) is -1.80. The molecule has 2 rings (SSSR count). The third-order valence-electron chi connectivity index (χ3n) is 2.95. The van der Waals surface area contributed by atoms with Crippen LogP contribution in [0.1, 0.15) is 0 Å². The molecular formula is C13H13ClFNO5. The number of rotatable bonds is 4. The van der Waals surface area contributed by atoms with Gasteiger partial charge in [0.1, 0.15) is 11.6 Å². The van der Waals surface area contributed by atoms with E-state index in [0.29, 0.717) is 6.54 Å². The zero-order chi connectivity index (χ0) is 15.4. The molecule has 114 valence electrons. The summed E-state index contributed by atoms with van der Waals surface area (Å²) >= 11 is 5.60. The number of nitrogens with zero attached hydrogens (tertiary/aromatic N) is 1. The Morgan fingerprint density at radius 2 is 2.29 bits per heavy atom. The lowest BCUT2D eigenvalue weighted by molar-refractivity contribution is -0.159. The third kappa shape index (κ3) is 4.05. The second-order valence-corrected chi connectivity index (χ2v) is 4.81. The van der Waals surface area contributed by atoms with Gasteiger partial charge >= 0.3 is 5.97 Å². The molecule has 1 saturated heterocycles. The second kappa shape index (κ2) is 6.73. The number of benzene rings is 1. The first-order valence-electron chi connectivity index (χ1n) is 6.17. The number of carbonyl (C=O) groups is 2. The van der Waals surface area contributed by atoms with Crippen molar-refractivity contribution in [3.05, 3.63) is 29.0 Å². The van der Waals surface area contributed by atoms with Crippen molar-refractivity contribution in [1.29, 1.82) is 0 Å². The van der Waals surface area contributed by atoms with E-state index < -0.39 is 17.9 Å². The molecule has 1 aliphatic rings. The number of carboxylic acid groups (broad SMARTS) is 1. The quantitative estimate of drug-likeness (QED) is 0.902. The Labute approximate surface area is 125 Å². The molecule has 0 radical (unpaired) electrons. The largest absolute Gasteiger partial charge is 0.484 e. The Bertz CT molecular complexity index is 553. The molecule has 0 aromatic heterocycles. The number of aliphatic carboxylic acids is 1. The van der Waals surface area contributed by atoms with E-state index in [1.54, 1.807) is 0 Å². The number of hydrogen-bond acceptors (Lipinski definition) is 4. The average Bonchev–Trinajstić information content (AvgIpc) is 2.48. The lowest BCUT2D eigenvalue weighted by Gasteiger charge is -2.30. The summed E-state index contributed by atoms with van der Waals surface area (Å²) < 4.78 is 23.2. The molecule has 1 aromatic carbocycles. The normalized spacial score (nSPS) is 18.4. The van der Waals surface area contributed by atoms with Crippen LogP contribution in [0, 0.1) is 5.82 Å². The fraction of sp³-hybridized carbons (Fsp3) is 0.385. The molecule has 8 heteroatoms. The molecule has 1 heterocycles. The SMILES string of the molecule is O=C(O)[C@H]1CN(C(=O)COc2ccc(F)c(Cl)c2)CCO1. The molecule has 1 aromatic rings. The van der Waals surface area contributed by atoms with Crippen molar-refractivity contribution in [3.63, 3.8) is 0 Å². The van der Waals surface area contributed by atoms with Crippen molar-refractivity contribution >= 4 is 23.5 Å². The standard InChI is InChI=1S/C13H13ClFNO5/c14-9-5-8(1-2-10(9)15)21-7-12(17)16-3-4-20-11(6-16)13(18)19/h1-2,5,11H,3-4,6-7H2,(H,18,19)/t11-/m1/s1. The summed E-state index contributed by atoms with van der Waals surface area (Å²) in [6.07, 6.45) is -1.03. The topological polar surface area (TPSA) is 76.1 Å². The first-order chi connectivity index (χ1) is 9.97. The van der Waals surface area contributed by atoms with E-state index in [-0.39, 0.29) is 36.4 Å². The Morgan fingerprint density at radius 3 is 2.95 bits per heavy atom. The van der Waals surface area contributed by atoms with Gasteiger partial charge in [0.2, 0.25) is 0 Å². The van der Waals surface area contributed by atoms with Gasteiger partial charge in [-0.25, -0.2) is 9.18 Å². The molecule has 0 unspecified atom stereocenters. The summed E-state index contributed by atoms with van der Waals surface area (Å²) in [7, 11) is 0. The lowest BCUT2D eigenvalue weighted by atomic mass is 10.2. The van der Waals surface area contributed by atoms with Crippen LogP contribution in [0.5, 0.6) is 5.75 Å². The highest BCUT2D eigenvalue weighted by Crippen LogP contribution is 2.21. The zero-order valence-electron chi connectivity index (χ0n) is 10.9. The molecule has 0 spiro atoms. The van der Waals surface area contributed by atoms with E-state index >= 15 is 0 Å². The van der Waals surface area contributed by atoms with Gasteiger partial charge in [0.25, 0.3) is 5.91 Å². The fourth-order valence-corrected chi connectivity index (χ4v) is 2.00. The predicted molar refractivity (Wildman–Crippen MR) is 70.9 cm³/mol. The van der Waals surface area contributed by atoms with Crippen molar-refractivity contribution in [3.8, 4) is 5.75 Å². The zero-order valence-corrected chi connectivity index (χ0v) is 11.7. The minimum Gasteiger partial charge on any atom is -0.484 e. The minimum absolute atomic E-state index is 0.0261. The predicted octanol–water partition coefficient (Wildman–Crippen LogP) is 1.17. The molecule has 21 heavy (non-hydrogen) atoms. The van der Waals surface area contributed by atoms with E-state index in [4.69, 9.17) is 26.2 Å². The number of ether oxygens (including phenoxy) is 2. The van der Waals surface area contributed by atoms with E-state index in [1.165, 1.54) is 17.0 Å². The molecule has 1 fully saturated rings. The molecule has 1 aliphatic heterocycles. The van der Waals surface area contributed by atoms with Crippen LogP contribution in [0.3, 0.4) is 0 Å². The van der Waals surface area contributed by atoms with Crippen LogP contribution >= 0.6 is 11.6 Å². The van der Waals surface area contributed by atoms with Crippen molar-refractivity contribution in [1.82, 2.24) is 4.90 Å². The van der Waals surface area contributed by atoms with Gasteiger partial charge in [-0.15, -0.1) is 0 Å². The highest BCUT2D eigenvalue weighted by Gasteiger charge is 2.29. The van der Waals surface area contributed by atoms with Crippen LogP contribution in [-0.2, 0) is 14.3 Å². The summed E-state index contributed by atoms with van der Waals surface area (Å²) in [6.45, 7) is 0.150. The molecule has 0 saturated carbocycles. The second-order valence-electron chi connectivity index (χ2n) is 4.40. The van der Waals surface area contributed by atoms with Gasteiger partial charge in [-0.1, -0.05) is 11.6 Å². The Morgan fingerprint density at radius 1 is 1.52 bits per heavy atom. The maximum atomic E-state index is 13.0. The number of amides is 1. The van der Waals surface area contributed by atoms with Crippen molar-refractivity contribution in [2.24, 2.45) is 0 Å². The number of carbonyl (C=O) groups excluding carboxylic acids is 1. The van der Waals surface area contributed by atoms with Gasteiger partial charge in [-0.3, -0.25) is 4.79 Å². The van der Waals surface area contributed by atoms with E-state index in [1.807, 2.05) is 0 Å². The van der Waals surface area contributed by atoms with E-state index in [0.717, 1.165) is 6.07 Å². The van der Waals surface area contributed by atoms with Crippen LogP contribution in [0.4, 0.5) is 4.39 Å².